The van der Waals surface area contributed by atoms with Crippen LogP contribution in [0, 0.1) is 13.8 Å². The van der Waals surface area contributed by atoms with Crippen LogP contribution in [-0.4, -0.2) is 55.2 Å². The lowest BCUT2D eigenvalue weighted by Gasteiger charge is -2.29. The number of nitrogens with zero attached hydrogens (tertiary/aromatic N) is 1. The summed E-state index contributed by atoms with van der Waals surface area (Å²) in [6.45, 7) is 4.94. The number of hydrogen-bond acceptors (Lipinski definition) is 6. The Kier molecular flexibility index (Phi) is 6.24. The predicted molar refractivity (Wildman–Crippen MR) is 104 cm³/mol. The molecule has 3 rings (SSSR count). The first-order chi connectivity index (χ1) is 12.8. The van der Waals surface area contributed by atoms with Crippen molar-refractivity contribution < 1.29 is 22.7 Å². The molecule has 0 aliphatic carbocycles. The Labute approximate surface area is 160 Å². The van der Waals surface area contributed by atoms with Gasteiger partial charge >= 0.3 is 0 Å². The second-order valence-corrected chi connectivity index (χ2v) is 9.53. The molecule has 0 spiro atoms. The summed E-state index contributed by atoms with van der Waals surface area (Å²) in [4.78, 5) is 1.99. The van der Waals surface area contributed by atoms with Crippen molar-refractivity contribution in [2.45, 2.75) is 39.0 Å². The van der Waals surface area contributed by atoms with Crippen LogP contribution in [0.5, 0.6) is 5.75 Å². The van der Waals surface area contributed by atoms with Gasteiger partial charge in [-0.25, -0.2) is 8.42 Å². The topological polar surface area (TPSA) is 80.0 Å². The lowest BCUT2D eigenvalue weighted by atomic mass is 10.1. The van der Waals surface area contributed by atoms with Crippen LogP contribution in [0.25, 0.3) is 0 Å². The molecule has 0 radical (unpaired) electrons. The monoisotopic (exact) mass is 393 g/mol. The maximum atomic E-state index is 11.9. The van der Waals surface area contributed by atoms with E-state index in [0.29, 0.717) is 19.5 Å². The van der Waals surface area contributed by atoms with Crippen molar-refractivity contribution in [1.82, 2.24) is 4.90 Å². The molecule has 1 aliphatic heterocycles. The average Bonchev–Trinajstić information content (AvgIpc) is 3.22. The molecule has 148 valence electrons. The molecule has 1 N–H and O–H groups in total. The van der Waals surface area contributed by atoms with Gasteiger partial charge in [0.05, 0.1) is 24.3 Å². The maximum absolute atomic E-state index is 11.9. The predicted octanol–water partition coefficient (Wildman–Crippen LogP) is 2.33. The molecule has 1 aromatic heterocycles. The number of hydrogen-bond donors (Lipinski definition) is 1. The summed E-state index contributed by atoms with van der Waals surface area (Å²) in [6.07, 6.45) is 1.44. The highest BCUT2D eigenvalue weighted by atomic mass is 32.2. The second kappa shape index (κ2) is 8.46. The van der Waals surface area contributed by atoms with Crippen molar-refractivity contribution in [2.75, 3.05) is 24.7 Å². The van der Waals surface area contributed by atoms with Crippen LogP contribution in [0.15, 0.2) is 41.0 Å². The molecule has 27 heavy (non-hydrogen) atoms. The van der Waals surface area contributed by atoms with Crippen LogP contribution < -0.4 is 4.74 Å². The molecule has 2 heterocycles. The minimum absolute atomic E-state index is 0.115. The molecule has 6 nitrogen and oxygen atoms in total. The standard InChI is InChI=1S/C20H27NO5S/c1-15-5-6-20(16(2)10-15)26-13-18(22)11-21(12-19-4-3-8-25-19)17-7-9-27(23,24)14-17/h3-6,8,10,17-18,22H,7,9,11-14H2,1-2H3. The van der Waals surface area contributed by atoms with Crippen molar-refractivity contribution in [2.24, 2.45) is 0 Å². The van der Waals surface area contributed by atoms with Crippen molar-refractivity contribution in [3.8, 4) is 5.75 Å². The van der Waals surface area contributed by atoms with E-state index in [0.717, 1.165) is 22.6 Å². The number of aliphatic hydroxyl groups excluding tert-OH is 1. The Hall–Kier alpha value is -1.83. The van der Waals surface area contributed by atoms with E-state index in [1.807, 2.05) is 43.0 Å². The summed E-state index contributed by atoms with van der Waals surface area (Å²) in [5.41, 5.74) is 2.18. The largest absolute Gasteiger partial charge is 0.491 e. The third-order valence-electron chi connectivity index (χ3n) is 4.87. The van der Waals surface area contributed by atoms with E-state index in [2.05, 4.69) is 0 Å². The fourth-order valence-electron chi connectivity index (χ4n) is 3.48. The van der Waals surface area contributed by atoms with Gasteiger partial charge in [0.25, 0.3) is 0 Å². The lowest BCUT2D eigenvalue weighted by Crippen LogP contribution is -2.42. The smallest absolute Gasteiger partial charge is 0.151 e. The fourth-order valence-corrected chi connectivity index (χ4v) is 5.24. The quantitative estimate of drug-likeness (QED) is 0.741. The molecule has 7 heteroatoms. The van der Waals surface area contributed by atoms with Gasteiger partial charge in [-0.15, -0.1) is 0 Å². The zero-order chi connectivity index (χ0) is 19.4. The molecule has 1 fully saturated rings. The SMILES string of the molecule is Cc1ccc(OCC(O)CN(Cc2ccco2)C2CCS(=O)(=O)C2)c(C)c1. The van der Waals surface area contributed by atoms with Crippen molar-refractivity contribution in [3.05, 3.63) is 53.5 Å². The summed E-state index contributed by atoms with van der Waals surface area (Å²) in [5, 5.41) is 10.5. The van der Waals surface area contributed by atoms with E-state index >= 15 is 0 Å². The molecular formula is C20H27NO5S. The number of benzene rings is 1. The maximum Gasteiger partial charge on any atom is 0.151 e. The van der Waals surface area contributed by atoms with Gasteiger partial charge in [0.2, 0.25) is 0 Å². The third-order valence-corrected chi connectivity index (χ3v) is 6.62. The molecule has 1 aliphatic rings. The van der Waals surface area contributed by atoms with Crippen LogP contribution in [0.2, 0.25) is 0 Å². The van der Waals surface area contributed by atoms with Gasteiger partial charge in [0, 0.05) is 12.6 Å². The second-order valence-electron chi connectivity index (χ2n) is 7.30. The Morgan fingerprint density at radius 1 is 1.33 bits per heavy atom. The molecule has 2 atom stereocenters. The zero-order valence-electron chi connectivity index (χ0n) is 15.8. The number of rotatable bonds is 8. The van der Waals surface area contributed by atoms with Gasteiger partial charge in [-0.3, -0.25) is 4.90 Å². The van der Waals surface area contributed by atoms with E-state index < -0.39 is 15.9 Å². The average molecular weight is 394 g/mol. The molecule has 0 bridgehead atoms. The Morgan fingerprint density at radius 3 is 2.78 bits per heavy atom. The van der Waals surface area contributed by atoms with Crippen LogP contribution in [0.3, 0.4) is 0 Å². The lowest BCUT2D eigenvalue weighted by molar-refractivity contribution is 0.0495. The van der Waals surface area contributed by atoms with Gasteiger partial charge < -0.3 is 14.3 Å². The van der Waals surface area contributed by atoms with E-state index in [1.165, 1.54) is 0 Å². The summed E-state index contributed by atoms with van der Waals surface area (Å²) < 4.78 is 34.9. The van der Waals surface area contributed by atoms with E-state index in [4.69, 9.17) is 9.15 Å². The number of furan rings is 1. The number of aryl methyl sites for hydroxylation is 2. The fraction of sp³-hybridized carbons (Fsp3) is 0.500. The normalized spacial score (nSPS) is 20.1. The molecule has 0 amide bonds. The van der Waals surface area contributed by atoms with Crippen molar-refractivity contribution in [3.63, 3.8) is 0 Å². The highest BCUT2D eigenvalue weighted by Crippen LogP contribution is 2.22. The molecule has 0 saturated carbocycles. The zero-order valence-corrected chi connectivity index (χ0v) is 16.6. The Morgan fingerprint density at radius 2 is 2.15 bits per heavy atom. The van der Waals surface area contributed by atoms with Gasteiger partial charge in [-0.05, 0) is 44.0 Å². The van der Waals surface area contributed by atoms with E-state index in [-0.39, 0.29) is 24.2 Å². The summed E-state index contributed by atoms with van der Waals surface area (Å²) in [7, 11) is -3.01. The van der Waals surface area contributed by atoms with Gasteiger partial charge in [0.15, 0.2) is 9.84 Å². The van der Waals surface area contributed by atoms with Gasteiger partial charge in [0.1, 0.15) is 24.2 Å². The van der Waals surface area contributed by atoms with Crippen LogP contribution >= 0.6 is 0 Å². The highest BCUT2D eigenvalue weighted by Gasteiger charge is 2.33. The molecule has 2 unspecified atom stereocenters. The number of sulfone groups is 1. The summed E-state index contributed by atoms with van der Waals surface area (Å²) in [5.74, 6) is 1.82. The van der Waals surface area contributed by atoms with Crippen molar-refractivity contribution in [1.29, 1.82) is 0 Å². The first-order valence-electron chi connectivity index (χ1n) is 9.17. The highest BCUT2D eigenvalue weighted by molar-refractivity contribution is 7.91. The van der Waals surface area contributed by atoms with Crippen molar-refractivity contribution >= 4 is 9.84 Å². The Balaban J connectivity index is 1.62. The minimum atomic E-state index is -3.01. The van der Waals surface area contributed by atoms with Gasteiger partial charge in [-0.2, -0.15) is 0 Å². The van der Waals surface area contributed by atoms with E-state index in [1.54, 1.807) is 12.3 Å². The number of aliphatic hydroxyl groups is 1. The number of ether oxygens (including phenoxy) is 1. The molecular weight excluding hydrogens is 366 g/mol. The van der Waals surface area contributed by atoms with Crippen LogP contribution in [0.1, 0.15) is 23.3 Å². The minimum Gasteiger partial charge on any atom is -0.491 e. The van der Waals surface area contributed by atoms with E-state index in [9.17, 15) is 13.5 Å². The third kappa shape index (κ3) is 5.57. The first kappa shape index (κ1) is 19.9. The molecule has 1 aromatic carbocycles. The molecule has 2 aromatic rings. The molecule has 1 saturated heterocycles. The van der Waals surface area contributed by atoms with Crippen LogP contribution in [0.4, 0.5) is 0 Å². The Bertz CT molecular complexity index is 847. The first-order valence-corrected chi connectivity index (χ1v) is 11.0. The van der Waals surface area contributed by atoms with Gasteiger partial charge in [-0.1, -0.05) is 17.7 Å². The summed E-state index contributed by atoms with van der Waals surface area (Å²) in [6, 6.07) is 9.46. The summed E-state index contributed by atoms with van der Waals surface area (Å²) >= 11 is 0. The van der Waals surface area contributed by atoms with Crippen LogP contribution in [-0.2, 0) is 16.4 Å².